The summed E-state index contributed by atoms with van der Waals surface area (Å²) in [5.41, 5.74) is 0. The van der Waals surface area contributed by atoms with E-state index in [9.17, 15) is 0 Å². The van der Waals surface area contributed by atoms with Crippen molar-refractivity contribution in [3.05, 3.63) is 21.9 Å². The Kier molecular flexibility index (Phi) is 13.3. The summed E-state index contributed by atoms with van der Waals surface area (Å²) in [6, 6.07) is 8.36. The second-order valence-corrected chi connectivity index (χ2v) is 18.6. The van der Waals surface area contributed by atoms with Gasteiger partial charge in [0.25, 0.3) is 0 Å². The average molecular weight is 545 g/mol. The molecule has 2 aromatic rings. The minimum Gasteiger partial charge on any atom is -0.140 e. The third-order valence-electron chi connectivity index (χ3n) is 8.72. The van der Waals surface area contributed by atoms with Crippen LogP contribution in [-0.2, 0) is 0 Å². The van der Waals surface area contributed by atoms with Crippen molar-refractivity contribution in [2.75, 3.05) is 0 Å². The Morgan fingerprint density at radius 2 is 1.03 bits per heavy atom. The summed E-state index contributed by atoms with van der Waals surface area (Å²) in [6.45, 7) is 11.8. The molecule has 0 saturated heterocycles. The summed E-state index contributed by atoms with van der Waals surface area (Å²) in [6.07, 6.45) is 24.4. The van der Waals surface area contributed by atoms with E-state index in [0.29, 0.717) is 0 Å². The Morgan fingerprint density at radius 3 is 1.56 bits per heavy atom. The molecule has 0 nitrogen and oxygen atoms in total. The molecule has 0 spiro atoms. The van der Waals surface area contributed by atoms with Gasteiger partial charge in [0.15, 0.2) is 0 Å². The summed E-state index contributed by atoms with van der Waals surface area (Å²) in [4.78, 5) is 6.49. The SMILES string of the molecule is CCCCCCCCCCC[Si]1(CC(CCCC)CCCCCC)c2cc(C)sc2-c2sc(C)cc21. The van der Waals surface area contributed by atoms with Gasteiger partial charge in [0, 0.05) is 19.5 Å². The maximum absolute atomic E-state index is 2.66. The Balaban J connectivity index is 1.75. The quantitative estimate of drug-likeness (QED) is 0.115. The van der Waals surface area contributed by atoms with Crippen LogP contribution in [0.25, 0.3) is 9.75 Å². The molecule has 3 rings (SSSR count). The van der Waals surface area contributed by atoms with Gasteiger partial charge in [-0.15, -0.1) is 22.7 Å². The van der Waals surface area contributed by atoms with Gasteiger partial charge in [-0.3, -0.25) is 0 Å². The molecule has 204 valence electrons. The highest BCUT2D eigenvalue weighted by molar-refractivity contribution is 7.29. The molecule has 1 aliphatic rings. The molecule has 0 N–H and O–H groups in total. The van der Waals surface area contributed by atoms with Crippen LogP contribution in [0.2, 0.25) is 12.1 Å². The lowest BCUT2D eigenvalue weighted by Gasteiger charge is -2.33. The smallest absolute Gasteiger partial charge is 0.122 e. The molecule has 3 heteroatoms. The fourth-order valence-corrected chi connectivity index (χ4v) is 16.4. The molecule has 0 aliphatic carbocycles. The number of fused-ring (bicyclic) bond motifs is 3. The zero-order valence-electron chi connectivity index (χ0n) is 24.5. The van der Waals surface area contributed by atoms with Gasteiger partial charge in [0.1, 0.15) is 8.07 Å². The van der Waals surface area contributed by atoms with Gasteiger partial charge < -0.3 is 0 Å². The first-order valence-electron chi connectivity index (χ1n) is 15.8. The van der Waals surface area contributed by atoms with Crippen molar-refractivity contribution in [1.29, 1.82) is 0 Å². The van der Waals surface area contributed by atoms with Crippen LogP contribution >= 0.6 is 22.7 Å². The van der Waals surface area contributed by atoms with Crippen LogP contribution < -0.4 is 10.4 Å². The third kappa shape index (κ3) is 8.06. The van der Waals surface area contributed by atoms with Crippen molar-refractivity contribution < 1.29 is 0 Å². The van der Waals surface area contributed by atoms with E-state index in [1.165, 1.54) is 121 Å². The Morgan fingerprint density at radius 1 is 0.583 bits per heavy atom. The lowest BCUT2D eigenvalue weighted by molar-refractivity contribution is 0.440. The number of hydrogen-bond acceptors (Lipinski definition) is 2. The third-order valence-corrected chi connectivity index (χ3v) is 16.7. The largest absolute Gasteiger partial charge is 0.140 e. The zero-order chi connectivity index (χ0) is 25.8. The van der Waals surface area contributed by atoms with E-state index in [0.717, 1.165) is 5.92 Å². The molecule has 36 heavy (non-hydrogen) atoms. The molecule has 1 atom stereocenters. The summed E-state index contributed by atoms with van der Waals surface area (Å²) in [5, 5.41) is 3.72. The maximum atomic E-state index is 2.66. The molecule has 1 unspecified atom stereocenters. The van der Waals surface area contributed by atoms with Crippen molar-refractivity contribution in [2.45, 2.75) is 156 Å². The average Bonchev–Trinajstić information content (AvgIpc) is 3.50. The first kappa shape index (κ1) is 30.2. The van der Waals surface area contributed by atoms with Crippen molar-refractivity contribution in [3.8, 4) is 9.75 Å². The maximum Gasteiger partial charge on any atom is 0.122 e. The molecule has 0 aromatic carbocycles. The zero-order valence-corrected chi connectivity index (χ0v) is 27.1. The van der Waals surface area contributed by atoms with E-state index in [2.05, 4.69) is 69.4 Å². The summed E-state index contributed by atoms with van der Waals surface area (Å²) in [7, 11) is -1.68. The lowest BCUT2D eigenvalue weighted by atomic mass is 9.97. The van der Waals surface area contributed by atoms with Gasteiger partial charge in [-0.1, -0.05) is 130 Å². The molecule has 2 aromatic heterocycles. The summed E-state index contributed by atoms with van der Waals surface area (Å²) < 4.78 is 0. The predicted octanol–water partition coefficient (Wildman–Crippen LogP) is 11.3. The van der Waals surface area contributed by atoms with Crippen molar-refractivity contribution in [2.24, 2.45) is 5.92 Å². The van der Waals surface area contributed by atoms with Gasteiger partial charge in [-0.25, -0.2) is 0 Å². The van der Waals surface area contributed by atoms with E-state index in [1.807, 2.05) is 10.4 Å². The van der Waals surface area contributed by atoms with Gasteiger partial charge >= 0.3 is 0 Å². The molecular formula is C33H56S2Si. The molecule has 1 aliphatic heterocycles. The van der Waals surface area contributed by atoms with Crippen LogP contribution in [0, 0.1) is 19.8 Å². The lowest BCUT2D eigenvalue weighted by Crippen LogP contribution is -2.55. The molecule has 0 bridgehead atoms. The van der Waals surface area contributed by atoms with Crippen LogP contribution in [0.1, 0.15) is 140 Å². The number of aryl methyl sites for hydroxylation is 2. The Bertz CT molecular complexity index is 830. The topological polar surface area (TPSA) is 0 Å². The number of unbranched alkanes of at least 4 members (excludes halogenated alkanes) is 12. The minimum atomic E-state index is -1.68. The highest BCUT2D eigenvalue weighted by atomic mass is 32.1. The standard InChI is InChI=1S/C33H56S2Si/c1-6-9-12-14-15-16-17-18-20-23-36(26-29(21-11-8-3)22-19-13-10-7-2)30-24-27(4)34-32(30)33-31(36)25-28(5)35-33/h24-25,29H,6-23,26H2,1-5H3. The molecule has 3 heterocycles. The van der Waals surface area contributed by atoms with Gasteiger partial charge in [-0.05, 0) is 54.4 Å². The van der Waals surface area contributed by atoms with Crippen molar-refractivity contribution in [1.82, 2.24) is 0 Å². The second kappa shape index (κ2) is 15.9. The van der Waals surface area contributed by atoms with Gasteiger partial charge in [0.05, 0.1) is 0 Å². The Hall–Kier alpha value is -0.383. The van der Waals surface area contributed by atoms with Crippen LogP contribution in [0.15, 0.2) is 12.1 Å². The predicted molar refractivity (Wildman–Crippen MR) is 171 cm³/mol. The van der Waals surface area contributed by atoms with Crippen LogP contribution in [0.5, 0.6) is 0 Å². The highest BCUT2D eigenvalue weighted by Gasteiger charge is 2.48. The molecule has 0 fully saturated rings. The van der Waals surface area contributed by atoms with E-state index in [-0.39, 0.29) is 0 Å². The number of rotatable bonds is 20. The molecular weight excluding hydrogens is 489 g/mol. The molecule has 0 radical (unpaired) electrons. The Labute approximate surface area is 233 Å². The van der Waals surface area contributed by atoms with Crippen molar-refractivity contribution >= 4 is 41.1 Å². The monoisotopic (exact) mass is 544 g/mol. The van der Waals surface area contributed by atoms with Crippen molar-refractivity contribution in [3.63, 3.8) is 0 Å². The fourth-order valence-electron chi connectivity index (χ4n) is 6.74. The van der Waals surface area contributed by atoms with Crippen LogP contribution in [-0.4, -0.2) is 8.07 Å². The number of thiophene rings is 2. The van der Waals surface area contributed by atoms with E-state index >= 15 is 0 Å². The highest BCUT2D eigenvalue weighted by Crippen LogP contribution is 2.44. The van der Waals surface area contributed by atoms with Crippen LogP contribution in [0.4, 0.5) is 0 Å². The fraction of sp³-hybridized carbons (Fsp3) is 0.758. The van der Waals surface area contributed by atoms with Gasteiger partial charge in [0.2, 0.25) is 0 Å². The first-order chi connectivity index (χ1) is 17.6. The second-order valence-electron chi connectivity index (χ2n) is 11.9. The molecule has 0 amide bonds. The number of hydrogen-bond donors (Lipinski definition) is 0. The van der Waals surface area contributed by atoms with E-state index in [4.69, 9.17) is 0 Å². The van der Waals surface area contributed by atoms with E-state index in [1.54, 1.807) is 19.5 Å². The summed E-state index contributed by atoms with van der Waals surface area (Å²) in [5.74, 6) is 0.936. The van der Waals surface area contributed by atoms with Crippen LogP contribution in [0.3, 0.4) is 0 Å². The summed E-state index contributed by atoms with van der Waals surface area (Å²) >= 11 is 4.21. The van der Waals surface area contributed by atoms with E-state index < -0.39 is 8.07 Å². The first-order valence-corrected chi connectivity index (χ1v) is 19.8. The molecule has 0 saturated carbocycles. The van der Waals surface area contributed by atoms with Gasteiger partial charge in [-0.2, -0.15) is 0 Å². The minimum absolute atomic E-state index is 0.936. The normalized spacial score (nSPS) is 14.8.